The first kappa shape index (κ1) is 14.1. The van der Waals surface area contributed by atoms with E-state index in [-0.39, 0.29) is 18.2 Å². The lowest BCUT2D eigenvalue weighted by Crippen LogP contribution is -2.26. The summed E-state index contributed by atoms with van der Waals surface area (Å²) in [6.45, 7) is 0.429. The molecule has 2 atom stereocenters. The van der Waals surface area contributed by atoms with Gasteiger partial charge >= 0.3 is 5.97 Å². The SMILES string of the molecule is O=C(O)Cc1ccccc1CNC(=O)C1C2CCCCC21. The minimum Gasteiger partial charge on any atom is -0.481 e. The Labute approximate surface area is 124 Å². The van der Waals surface area contributed by atoms with E-state index < -0.39 is 5.97 Å². The molecule has 0 aliphatic heterocycles. The van der Waals surface area contributed by atoms with E-state index in [9.17, 15) is 9.59 Å². The van der Waals surface area contributed by atoms with Crippen LogP contribution < -0.4 is 5.32 Å². The summed E-state index contributed by atoms with van der Waals surface area (Å²) in [5, 5.41) is 11.9. The lowest BCUT2D eigenvalue weighted by Gasteiger charge is -2.09. The molecule has 2 fully saturated rings. The highest BCUT2D eigenvalue weighted by molar-refractivity contribution is 5.82. The molecular formula is C17H21NO3. The Balaban J connectivity index is 1.58. The van der Waals surface area contributed by atoms with Crippen LogP contribution in [0.5, 0.6) is 0 Å². The predicted octanol–water partition coefficient (Wildman–Crippen LogP) is 2.37. The summed E-state index contributed by atoms with van der Waals surface area (Å²) in [5.74, 6) is 0.721. The van der Waals surface area contributed by atoms with Crippen LogP contribution in [0.4, 0.5) is 0 Å². The van der Waals surface area contributed by atoms with Gasteiger partial charge in [0.05, 0.1) is 6.42 Å². The fourth-order valence-electron chi connectivity index (χ4n) is 3.75. The molecule has 112 valence electrons. The average Bonchev–Trinajstić information content (AvgIpc) is 3.20. The topological polar surface area (TPSA) is 66.4 Å². The Bertz CT molecular complexity index is 543. The first-order valence-electron chi connectivity index (χ1n) is 7.73. The third-order valence-electron chi connectivity index (χ3n) is 4.87. The molecule has 0 saturated heterocycles. The van der Waals surface area contributed by atoms with Crippen LogP contribution in [-0.4, -0.2) is 17.0 Å². The number of carbonyl (C=O) groups is 2. The van der Waals surface area contributed by atoms with Crippen LogP contribution in [-0.2, 0) is 22.6 Å². The number of carboxylic acid groups (broad SMARTS) is 1. The van der Waals surface area contributed by atoms with Gasteiger partial charge in [0.2, 0.25) is 5.91 Å². The van der Waals surface area contributed by atoms with Crippen molar-refractivity contribution in [3.05, 3.63) is 35.4 Å². The first-order valence-corrected chi connectivity index (χ1v) is 7.73. The largest absolute Gasteiger partial charge is 0.481 e. The van der Waals surface area contributed by atoms with Crippen molar-refractivity contribution >= 4 is 11.9 Å². The highest BCUT2D eigenvalue weighted by atomic mass is 16.4. The molecule has 1 aromatic rings. The van der Waals surface area contributed by atoms with Gasteiger partial charge in [-0.15, -0.1) is 0 Å². The van der Waals surface area contributed by atoms with E-state index in [1.54, 1.807) is 0 Å². The molecule has 0 spiro atoms. The smallest absolute Gasteiger partial charge is 0.307 e. The second kappa shape index (κ2) is 5.88. The standard InChI is InChI=1S/C17H21NO3/c19-15(20)9-11-5-1-2-6-12(11)10-18-17(21)16-13-7-3-4-8-14(13)16/h1-2,5-6,13-14,16H,3-4,7-10H2,(H,18,21)(H,19,20). The highest BCUT2D eigenvalue weighted by Gasteiger charge is 2.54. The number of amides is 1. The van der Waals surface area contributed by atoms with E-state index in [4.69, 9.17) is 5.11 Å². The summed E-state index contributed by atoms with van der Waals surface area (Å²) in [6, 6.07) is 7.41. The molecule has 2 aliphatic rings. The van der Waals surface area contributed by atoms with Crippen LogP contribution in [0.1, 0.15) is 36.8 Å². The fraction of sp³-hybridized carbons (Fsp3) is 0.529. The van der Waals surface area contributed by atoms with Gasteiger partial charge in [-0.1, -0.05) is 37.1 Å². The molecule has 21 heavy (non-hydrogen) atoms. The summed E-state index contributed by atoms with van der Waals surface area (Å²) in [4.78, 5) is 23.1. The number of rotatable bonds is 5. The van der Waals surface area contributed by atoms with Gasteiger partial charge in [-0.2, -0.15) is 0 Å². The highest BCUT2D eigenvalue weighted by Crippen LogP contribution is 2.55. The molecular weight excluding hydrogens is 266 g/mol. The minimum atomic E-state index is -0.845. The molecule has 2 unspecified atom stereocenters. The van der Waals surface area contributed by atoms with Crippen molar-refractivity contribution in [1.82, 2.24) is 5.32 Å². The van der Waals surface area contributed by atoms with Gasteiger partial charge in [-0.05, 0) is 35.8 Å². The van der Waals surface area contributed by atoms with Crippen LogP contribution >= 0.6 is 0 Å². The number of aliphatic carboxylic acids is 1. The predicted molar refractivity (Wildman–Crippen MR) is 78.6 cm³/mol. The number of fused-ring (bicyclic) bond motifs is 1. The molecule has 1 aromatic carbocycles. The lowest BCUT2D eigenvalue weighted by atomic mass is 10.0. The molecule has 1 amide bonds. The molecule has 0 aromatic heterocycles. The Morgan fingerprint density at radius 1 is 1.10 bits per heavy atom. The second-order valence-corrected chi connectivity index (χ2v) is 6.19. The third kappa shape index (κ3) is 3.09. The molecule has 4 nitrogen and oxygen atoms in total. The molecule has 2 saturated carbocycles. The molecule has 4 heteroatoms. The summed E-state index contributed by atoms with van der Waals surface area (Å²) in [7, 11) is 0. The summed E-state index contributed by atoms with van der Waals surface area (Å²) >= 11 is 0. The molecule has 0 radical (unpaired) electrons. The van der Waals surface area contributed by atoms with Crippen molar-refractivity contribution in [2.45, 2.75) is 38.6 Å². The van der Waals surface area contributed by atoms with Crippen molar-refractivity contribution in [2.24, 2.45) is 17.8 Å². The Kier molecular flexibility index (Phi) is 3.95. The van der Waals surface area contributed by atoms with Gasteiger partial charge in [0.25, 0.3) is 0 Å². The van der Waals surface area contributed by atoms with Crippen molar-refractivity contribution in [2.75, 3.05) is 0 Å². The van der Waals surface area contributed by atoms with Gasteiger partial charge < -0.3 is 10.4 Å². The number of nitrogens with one attached hydrogen (secondary N) is 1. The summed E-state index contributed by atoms with van der Waals surface area (Å²) in [6.07, 6.45) is 4.90. The van der Waals surface area contributed by atoms with E-state index in [2.05, 4.69) is 5.32 Å². The zero-order chi connectivity index (χ0) is 14.8. The number of hydrogen-bond acceptors (Lipinski definition) is 2. The van der Waals surface area contributed by atoms with E-state index in [0.29, 0.717) is 18.4 Å². The average molecular weight is 287 g/mol. The van der Waals surface area contributed by atoms with Crippen LogP contribution in [0.15, 0.2) is 24.3 Å². The van der Waals surface area contributed by atoms with Crippen LogP contribution in [0.3, 0.4) is 0 Å². The quantitative estimate of drug-likeness (QED) is 0.873. The molecule has 0 heterocycles. The Hall–Kier alpha value is -1.84. The van der Waals surface area contributed by atoms with Crippen molar-refractivity contribution in [1.29, 1.82) is 0 Å². The van der Waals surface area contributed by atoms with Gasteiger partial charge in [-0.3, -0.25) is 9.59 Å². The van der Waals surface area contributed by atoms with Crippen LogP contribution in [0.2, 0.25) is 0 Å². The maximum atomic E-state index is 12.3. The first-order chi connectivity index (χ1) is 10.2. The maximum Gasteiger partial charge on any atom is 0.307 e. The van der Waals surface area contributed by atoms with Crippen molar-refractivity contribution in [3.63, 3.8) is 0 Å². The molecule has 0 bridgehead atoms. The molecule has 3 rings (SSSR count). The zero-order valence-corrected chi connectivity index (χ0v) is 12.0. The normalized spacial score (nSPS) is 26.8. The summed E-state index contributed by atoms with van der Waals surface area (Å²) in [5.41, 5.74) is 1.68. The van der Waals surface area contributed by atoms with Crippen molar-refractivity contribution < 1.29 is 14.7 Å². The van der Waals surface area contributed by atoms with Gasteiger partial charge in [0, 0.05) is 12.5 Å². The minimum absolute atomic E-state index is 0.000717. The number of carboxylic acids is 1. The zero-order valence-electron chi connectivity index (χ0n) is 12.0. The van der Waals surface area contributed by atoms with Gasteiger partial charge in [0.15, 0.2) is 0 Å². The van der Waals surface area contributed by atoms with Crippen LogP contribution in [0, 0.1) is 17.8 Å². The number of hydrogen-bond donors (Lipinski definition) is 2. The Morgan fingerprint density at radius 2 is 1.71 bits per heavy atom. The molecule has 2 aliphatic carbocycles. The van der Waals surface area contributed by atoms with Crippen LogP contribution in [0.25, 0.3) is 0 Å². The number of benzene rings is 1. The van der Waals surface area contributed by atoms with E-state index >= 15 is 0 Å². The lowest BCUT2D eigenvalue weighted by molar-refractivity contribution is -0.136. The third-order valence-corrected chi connectivity index (χ3v) is 4.87. The fourth-order valence-corrected chi connectivity index (χ4v) is 3.75. The van der Waals surface area contributed by atoms with E-state index in [1.165, 1.54) is 25.7 Å². The van der Waals surface area contributed by atoms with Gasteiger partial charge in [0.1, 0.15) is 0 Å². The monoisotopic (exact) mass is 287 g/mol. The summed E-state index contributed by atoms with van der Waals surface area (Å²) < 4.78 is 0. The Morgan fingerprint density at radius 3 is 2.33 bits per heavy atom. The van der Waals surface area contributed by atoms with E-state index in [1.807, 2.05) is 24.3 Å². The number of carbonyl (C=O) groups excluding carboxylic acids is 1. The maximum absolute atomic E-state index is 12.3. The van der Waals surface area contributed by atoms with Crippen molar-refractivity contribution in [3.8, 4) is 0 Å². The van der Waals surface area contributed by atoms with Gasteiger partial charge in [-0.25, -0.2) is 0 Å². The van der Waals surface area contributed by atoms with E-state index in [0.717, 1.165) is 11.1 Å². The molecule has 2 N–H and O–H groups in total. The second-order valence-electron chi connectivity index (χ2n) is 6.19.